The lowest BCUT2D eigenvalue weighted by atomic mass is 10.0. The Bertz CT molecular complexity index is 2420. The van der Waals surface area contributed by atoms with Crippen LogP contribution in [0.2, 0.25) is 0 Å². The second-order valence-corrected chi connectivity index (χ2v) is 13.9. The van der Waals surface area contributed by atoms with Crippen molar-refractivity contribution in [2.75, 3.05) is 56.2 Å². The minimum Gasteiger partial charge on any atom is -0.507 e. The third kappa shape index (κ3) is 9.58. The normalized spacial score (nSPS) is 13.5. The van der Waals surface area contributed by atoms with Gasteiger partial charge < -0.3 is 35.8 Å². The van der Waals surface area contributed by atoms with E-state index in [1.165, 1.54) is 23.1 Å². The minimum absolute atomic E-state index is 0.0211. The van der Waals surface area contributed by atoms with Gasteiger partial charge in [0.1, 0.15) is 23.4 Å². The van der Waals surface area contributed by atoms with Crippen molar-refractivity contribution in [1.82, 2.24) is 39.6 Å². The van der Waals surface area contributed by atoms with E-state index in [0.29, 0.717) is 67.1 Å². The number of nitrogens with zero attached hydrogens (tertiary/aromatic N) is 8. The van der Waals surface area contributed by atoms with E-state index in [0.717, 1.165) is 16.8 Å². The van der Waals surface area contributed by atoms with Gasteiger partial charge in [-0.05, 0) is 65.7 Å². The number of para-hydroxylation sites is 1. The molecule has 0 aliphatic carbocycles. The van der Waals surface area contributed by atoms with Crippen molar-refractivity contribution in [3.63, 3.8) is 0 Å². The maximum Gasteiger partial charge on any atom is 0.257 e. The molecule has 1 aliphatic rings. The van der Waals surface area contributed by atoms with E-state index in [2.05, 4.69) is 51.8 Å². The van der Waals surface area contributed by atoms with E-state index < -0.39 is 6.04 Å². The number of benzene rings is 4. The number of carbonyl (C=O) groups excluding carboxylic acids is 2. The number of H-pyrrole nitrogens is 1. The molecule has 290 valence electrons. The van der Waals surface area contributed by atoms with Crippen molar-refractivity contribution < 1.29 is 19.1 Å². The van der Waals surface area contributed by atoms with Crippen molar-refractivity contribution in [2.45, 2.75) is 25.6 Å². The summed E-state index contributed by atoms with van der Waals surface area (Å²) in [5, 5.41) is 29.1. The van der Waals surface area contributed by atoms with Crippen LogP contribution in [0.3, 0.4) is 0 Å². The number of nitriles is 1. The maximum atomic E-state index is 13.8. The number of piperazine rings is 1. The van der Waals surface area contributed by atoms with Gasteiger partial charge in [-0.15, -0.1) is 0 Å². The Hall–Kier alpha value is -7.12. The predicted molar refractivity (Wildman–Crippen MR) is 213 cm³/mol. The molecule has 16 heteroatoms. The molecule has 1 atom stereocenters. The number of halogens is 1. The van der Waals surface area contributed by atoms with Crippen LogP contribution in [0.1, 0.15) is 32.9 Å². The smallest absolute Gasteiger partial charge is 0.257 e. The Morgan fingerprint density at radius 2 is 1.65 bits per heavy atom. The Balaban J connectivity index is 1.08. The number of aromatic amines is 1. The van der Waals surface area contributed by atoms with Gasteiger partial charge in [0.2, 0.25) is 23.8 Å². The van der Waals surface area contributed by atoms with Crippen molar-refractivity contribution in [1.29, 1.82) is 5.26 Å². The van der Waals surface area contributed by atoms with Gasteiger partial charge in [-0.25, -0.2) is 9.37 Å². The van der Waals surface area contributed by atoms with Crippen molar-refractivity contribution in [3.8, 4) is 11.8 Å². The van der Waals surface area contributed by atoms with Crippen LogP contribution in [0.5, 0.6) is 5.75 Å². The standard InChI is InChI=1S/C41H41FN12O3/c1-52(2)38(57)34(21-26-10-12-27(23-43)13-11-26)48-41-50-39(44-24-36-46-32-15-14-29(42)22-33(32)47-36)49-40(51-41)45-30-7-5-6-28(20-30)25-53-16-18-54(19-17-53)37(56)31-8-3-4-9-35(31)55/h3-15,20,22,34,55H,16-19,21,24-25H2,1-2H3,(H,46,47)(H3,44,45,48,49,50,51)/t34-/m0/s1. The second kappa shape index (κ2) is 17.1. The number of anilines is 4. The molecule has 3 heterocycles. The lowest BCUT2D eigenvalue weighted by Crippen LogP contribution is -2.48. The van der Waals surface area contributed by atoms with E-state index in [4.69, 9.17) is 0 Å². The quantitative estimate of drug-likeness (QED) is 0.107. The Morgan fingerprint density at radius 1 is 0.895 bits per heavy atom. The predicted octanol–water partition coefficient (Wildman–Crippen LogP) is 4.89. The summed E-state index contributed by atoms with van der Waals surface area (Å²) in [6.07, 6.45) is 0.300. The number of phenolic OH excluding ortho intramolecular Hbond substituents is 1. The SMILES string of the molecule is CN(C)C(=O)[C@H](Cc1ccc(C#N)cc1)Nc1nc(NCc2nc3ccc(F)cc3[nH]2)nc(Nc2cccc(CN3CCN(C(=O)c4ccccc4O)CC3)c2)n1. The van der Waals surface area contributed by atoms with E-state index in [9.17, 15) is 24.3 Å². The van der Waals surface area contributed by atoms with Crippen molar-refractivity contribution in [2.24, 2.45) is 0 Å². The molecule has 6 aromatic rings. The highest BCUT2D eigenvalue weighted by atomic mass is 19.1. The molecule has 15 nitrogen and oxygen atoms in total. The first-order valence-electron chi connectivity index (χ1n) is 18.4. The number of hydrogen-bond acceptors (Lipinski definition) is 12. The topological polar surface area (TPSA) is 191 Å². The third-order valence-electron chi connectivity index (χ3n) is 9.49. The highest BCUT2D eigenvalue weighted by Gasteiger charge is 2.25. The van der Waals surface area contributed by atoms with Gasteiger partial charge in [-0.3, -0.25) is 14.5 Å². The maximum absolute atomic E-state index is 13.8. The number of carbonyl (C=O) groups is 2. The van der Waals surface area contributed by atoms with Crippen LogP contribution in [0, 0.1) is 17.1 Å². The number of aromatic nitrogens is 5. The highest BCUT2D eigenvalue weighted by Crippen LogP contribution is 2.22. The van der Waals surface area contributed by atoms with Gasteiger partial charge in [-0.1, -0.05) is 36.4 Å². The molecule has 0 spiro atoms. The second-order valence-electron chi connectivity index (χ2n) is 13.9. The molecule has 2 aromatic heterocycles. The number of phenols is 1. The summed E-state index contributed by atoms with van der Waals surface area (Å²) in [4.78, 5) is 53.5. The minimum atomic E-state index is -0.751. The van der Waals surface area contributed by atoms with Crippen LogP contribution in [0.4, 0.5) is 27.9 Å². The van der Waals surface area contributed by atoms with Gasteiger partial charge >= 0.3 is 0 Å². The summed E-state index contributed by atoms with van der Waals surface area (Å²) in [5.41, 5.74) is 4.59. The third-order valence-corrected chi connectivity index (χ3v) is 9.49. The first kappa shape index (κ1) is 38.2. The van der Waals surface area contributed by atoms with Crippen LogP contribution >= 0.6 is 0 Å². The molecule has 0 radical (unpaired) electrons. The number of aromatic hydroxyl groups is 1. The van der Waals surface area contributed by atoms with Gasteiger partial charge in [0, 0.05) is 58.9 Å². The zero-order chi connectivity index (χ0) is 39.9. The van der Waals surface area contributed by atoms with Crippen LogP contribution in [0.15, 0.2) is 91.0 Å². The number of amides is 2. The Labute approximate surface area is 328 Å². The largest absolute Gasteiger partial charge is 0.507 e. The summed E-state index contributed by atoms with van der Waals surface area (Å²) in [5.74, 6) is 0.315. The molecule has 0 bridgehead atoms. The van der Waals surface area contributed by atoms with E-state index >= 15 is 0 Å². The van der Waals surface area contributed by atoms with Gasteiger partial charge in [0.25, 0.3) is 5.91 Å². The van der Waals surface area contributed by atoms with Crippen LogP contribution in [0.25, 0.3) is 11.0 Å². The monoisotopic (exact) mass is 768 g/mol. The number of fused-ring (bicyclic) bond motifs is 1. The average molecular weight is 769 g/mol. The van der Waals surface area contributed by atoms with Crippen molar-refractivity contribution >= 4 is 46.4 Å². The first-order chi connectivity index (χ1) is 27.6. The van der Waals surface area contributed by atoms with Crippen molar-refractivity contribution in [3.05, 3.63) is 125 Å². The van der Waals surface area contributed by atoms with Gasteiger partial charge in [-0.2, -0.15) is 20.2 Å². The highest BCUT2D eigenvalue weighted by molar-refractivity contribution is 5.96. The molecule has 0 unspecified atom stereocenters. The molecule has 2 amide bonds. The lowest BCUT2D eigenvalue weighted by Gasteiger charge is -2.35. The summed E-state index contributed by atoms with van der Waals surface area (Å²) >= 11 is 0. The number of rotatable bonds is 13. The molecular formula is C41H41FN12O3. The number of nitrogens with one attached hydrogen (secondary N) is 4. The summed E-state index contributed by atoms with van der Waals surface area (Å²) in [6.45, 7) is 3.25. The summed E-state index contributed by atoms with van der Waals surface area (Å²) in [6, 6.07) is 27.2. The fourth-order valence-corrected chi connectivity index (χ4v) is 6.54. The van der Waals surface area contributed by atoms with E-state index in [1.54, 1.807) is 55.4 Å². The molecule has 57 heavy (non-hydrogen) atoms. The summed E-state index contributed by atoms with van der Waals surface area (Å²) in [7, 11) is 3.34. The fourth-order valence-electron chi connectivity index (χ4n) is 6.54. The van der Waals surface area contributed by atoms with Gasteiger partial charge in [0.15, 0.2) is 0 Å². The van der Waals surface area contributed by atoms with E-state index in [-0.39, 0.29) is 47.8 Å². The lowest BCUT2D eigenvalue weighted by molar-refractivity contribution is -0.129. The molecule has 5 N–H and O–H groups in total. The molecule has 1 fully saturated rings. The number of hydrogen-bond donors (Lipinski definition) is 5. The molecule has 1 aliphatic heterocycles. The molecule has 4 aromatic carbocycles. The average Bonchev–Trinajstić information content (AvgIpc) is 3.62. The molecule has 7 rings (SSSR count). The van der Waals surface area contributed by atoms with Crippen LogP contribution in [-0.4, -0.2) is 103 Å². The zero-order valence-electron chi connectivity index (χ0n) is 31.4. The van der Waals surface area contributed by atoms with Crippen LogP contribution < -0.4 is 16.0 Å². The zero-order valence-corrected chi connectivity index (χ0v) is 31.4. The van der Waals surface area contributed by atoms with E-state index in [1.807, 2.05) is 36.4 Å². The Kier molecular flexibility index (Phi) is 11.5. The molecule has 1 saturated heterocycles. The molecular weight excluding hydrogens is 728 g/mol. The van der Waals surface area contributed by atoms with Crippen LogP contribution in [-0.2, 0) is 24.3 Å². The fraction of sp³-hybridized carbons (Fsp3) is 0.244. The molecule has 0 saturated carbocycles. The summed E-state index contributed by atoms with van der Waals surface area (Å²) < 4.78 is 13.8. The Morgan fingerprint density at radius 3 is 2.40 bits per heavy atom. The van der Waals surface area contributed by atoms with Gasteiger partial charge in [0.05, 0.1) is 34.8 Å². The number of likely N-dealkylation sites (N-methyl/N-ethyl adjacent to an activating group) is 1. The number of imidazole rings is 1. The first-order valence-corrected chi connectivity index (χ1v) is 18.4.